The summed E-state index contributed by atoms with van der Waals surface area (Å²) < 4.78 is 37.6. The summed E-state index contributed by atoms with van der Waals surface area (Å²) in [5, 5.41) is 2.70. The highest BCUT2D eigenvalue weighted by Crippen LogP contribution is 2.33. The molecular weight excluding hydrogens is 339 g/mol. The van der Waals surface area contributed by atoms with E-state index >= 15 is 0 Å². The molecule has 0 radical (unpaired) electrons. The summed E-state index contributed by atoms with van der Waals surface area (Å²) >= 11 is 0. The minimum absolute atomic E-state index is 0.225. The molecule has 9 heteroatoms. The normalized spacial score (nSPS) is 19.9. The molecule has 1 aliphatic carbocycles. The van der Waals surface area contributed by atoms with E-state index in [2.05, 4.69) is 11.9 Å². The first-order chi connectivity index (χ1) is 11.7. The summed E-state index contributed by atoms with van der Waals surface area (Å²) in [5.41, 5.74) is -0.898. The molecule has 6 nitrogen and oxygen atoms in total. The molecule has 0 atom stereocenters. The summed E-state index contributed by atoms with van der Waals surface area (Å²) in [6.45, 7) is 1.48. The van der Waals surface area contributed by atoms with E-state index in [1.807, 2.05) is 0 Å². The molecule has 0 aromatic heterocycles. The van der Waals surface area contributed by atoms with Crippen LogP contribution in [0.1, 0.15) is 38.5 Å². The lowest BCUT2D eigenvalue weighted by atomic mass is 9.82. The van der Waals surface area contributed by atoms with Crippen molar-refractivity contribution in [1.29, 1.82) is 0 Å². The first kappa shape index (κ1) is 19.3. The Labute approximate surface area is 144 Å². The highest BCUT2D eigenvalue weighted by Gasteiger charge is 2.51. The second kappa shape index (κ2) is 7.45. The summed E-state index contributed by atoms with van der Waals surface area (Å²) in [6, 6.07) is -0.578. The van der Waals surface area contributed by atoms with Gasteiger partial charge in [0.15, 0.2) is 0 Å². The number of halogens is 3. The molecule has 1 aliphatic heterocycles. The number of amides is 4. The fourth-order valence-corrected chi connectivity index (χ4v) is 3.37. The topological polar surface area (TPSA) is 69.7 Å². The molecule has 1 saturated heterocycles. The van der Waals surface area contributed by atoms with Crippen LogP contribution in [0.4, 0.5) is 18.0 Å². The van der Waals surface area contributed by atoms with Crippen LogP contribution in [0.15, 0.2) is 12.7 Å². The summed E-state index contributed by atoms with van der Waals surface area (Å²) in [7, 11) is 0. The number of nitrogens with one attached hydrogen (secondary N) is 1. The van der Waals surface area contributed by atoms with Gasteiger partial charge in [-0.1, -0.05) is 25.3 Å². The molecule has 4 amide bonds. The molecule has 25 heavy (non-hydrogen) atoms. The number of nitrogens with zero attached hydrogens (tertiary/aromatic N) is 2. The third kappa shape index (κ3) is 4.52. The molecule has 1 saturated carbocycles. The van der Waals surface area contributed by atoms with Gasteiger partial charge in [0.05, 0.1) is 0 Å². The van der Waals surface area contributed by atoms with E-state index in [4.69, 9.17) is 0 Å². The van der Waals surface area contributed by atoms with Crippen LogP contribution >= 0.6 is 0 Å². The molecule has 2 aliphatic rings. The van der Waals surface area contributed by atoms with Crippen LogP contribution in [0.25, 0.3) is 0 Å². The zero-order valence-electron chi connectivity index (χ0n) is 13.9. The van der Waals surface area contributed by atoms with Crippen LogP contribution in [-0.2, 0) is 9.59 Å². The van der Waals surface area contributed by atoms with Gasteiger partial charge < -0.3 is 10.2 Å². The number of imide groups is 1. The molecule has 140 valence electrons. The van der Waals surface area contributed by atoms with Crippen molar-refractivity contribution in [3.63, 3.8) is 0 Å². The zero-order chi connectivity index (χ0) is 18.7. The average molecular weight is 361 g/mol. The van der Waals surface area contributed by atoms with Crippen molar-refractivity contribution >= 4 is 17.8 Å². The minimum atomic E-state index is -4.52. The molecule has 1 heterocycles. The standard InChI is InChI=1S/C16H22F3N3O3/c1-2-9-21(11-16(17,18)19)12(23)6-10-22-13(24)15(20-14(22)25)7-4-3-5-8-15/h2H,1,3-11H2,(H,20,25). The van der Waals surface area contributed by atoms with Crippen LogP contribution in [0.3, 0.4) is 0 Å². The van der Waals surface area contributed by atoms with Gasteiger partial charge in [0.2, 0.25) is 5.91 Å². The second-order valence-electron chi connectivity index (χ2n) is 6.46. The Morgan fingerprint density at radius 3 is 2.48 bits per heavy atom. The summed E-state index contributed by atoms with van der Waals surface area (Å²) in [6.07, 6.45) is 0.100. The maximum Gasteiger partial charge on any atom is 0.406 e. The minimum Gasteiger partial charge on any atom is -0.330 e. The maximum atomic E-state index is 12.6. The lowest BCUT2D eigenvalue weighted by Gasteiger charge is -2.30. The first-order valence-corrected chi connectivity index (χ1v) is 8.28. The average Bonchev–Trinajstić information content (AvgIpc) is 2.75. The maximum absolute atomic E-state index is 12.6. The van der Waals surface area contributed by atoms with Crippen LogP contribution < -0.4 is 5.32 Å². The third-order valence-corrected chi connectivity index (χ3v) is 4.57. The Balaban J connectivity index is 1.97. The molecule has 0 aromatic carbocycles. The number of hydrogen-bond acceptors (Lipinski definition) is 3. The van der Waals surface area contributed by atoms with Crippen LogP contribution in [-0.4, -0.2) is 59.0 Å². The lowest BCUT2D eigenvalue weighted by Crippen LogP contribution is -2.48. The number of urea groups is 1. The highest BCUT2D eigenvalue weighted by atomic mass is 19.4. The molecule has 2 fully saturated rings. The van der Waals surface area contributed by atoms with Gasteiger partial charge in [-0.3, -0.25) is 14.5 Å². The molecule has 0 bridgehead atoms. The van der Waals surface area contributed by atoms with E-state index in [0.29, 0.717) is 17.7 Å². The van der Waals surface area contributed by atoms with Gasteiger partial charge in [0.25, 0.3) is 5.91 Å². The highest BCUT2D eigenvalue weighted by molar-refractivity contribution is 6.07. The zero-order valence-corrected chi connectivity index (χ0v) is 13.9. The van der Waals surface area contributed by atoms with Crippen LogP contribution in [0, 0.1) is 0 Å². The molecule has 1 N–H and O–H groups in total. The Morgan fingerprint density at radius 1 is 1.28 bits per heavy atom. The van der Waals surface area contributed by atoms with Crippen LogP contribution in [0.2, 0.25) is 0 Å². The van der Waals surface area contributed by atoms with Gasteiger partial charge in [-0.05, 0) is 12.8 Å². The molecule has 1 spiro atoms. The predicted molar refractivity (Wildman–Crippen MR) is 83.5 cm³/mol. The number of rotatable bonds is 6. The Hall–Kier alpha value is -2.06. The van der Waals surface area contributed by atoms with Gasteiger partial charge in [0.1, 0.15) is 12.1 Å². The number of carbonyl (C=O) groups is 3. The van der Waals surface area contributed by atoms with Crippen molar-refractivity contribution in [3.8, 4) is 0 Å². The van der Waals surface area contributed by atoms with Gasteiger partial charge in [-0.2, -0.15) is 13.2 Å². The number of hydrogen-bond donors (Lipinski definition) is 1. The molecule has 2 rings (SSSR count). The molecule has 0 aromatic rings. The second-order valence-corrected chi connectivity index (χ2v) is 6.46. The Bertz CT molecular complexity index is 557. The van der Waals surface area contributed by atoms with E-state index < -0.39 is 30.2 Å². The SMILES string of the molecule is C=CCN(CC(F)(F)F)C(=O)CCN1C(=O)NC2(CCCCC2)C1=O. The van der Waals surface area contributed by atoms with Crippen molar-refractivity contribution in [2.75, 3.05) is 19.6 Å². The van der Waals surface area contributed by atoms with Gasteiger partial charge in [0, 0.05) is 19.5 Å². The quantitative estimate of drug-likeness (QED) is 0.583. The fourth-order valence-electron chi connectivity index (χ4n) is 3.37. The molecule has 0 unspecified atom stereocenters. The number of alkyl halides is 3. The van der Waals surface area contributed by atoms with E-state index in [1.165, 1.54) is 6.08 Å². The van der Waals surface area contributed by atoms with Gasteiger partial charge in [-0.25, -0.2) is 4.79 Å². The summed E-state index contributed by atoms with van der Waals surface area (Å²) in [4.78, 5) is 38.2. The predicted octanol–water partition coefficient (Wildman–Crippen LogP) is 2.21. The van der Waals surface area contributed by atoms with Crippen LogP contribution in [0.5, 0.6) is 0 Å². The molecular formula is C16H22F3N3O3. The van der Waals surface area contributed by atoms with E-state index in [0.717, 1.165) is 24.2 Å². The van der Waals surface area contributed by atoms with E-state index in [1.54, 1.807) is 0 Å². The smallest absolute Gasteiger partial charge is 0.330 e. The Kier molecular flexibility index (Phi) is 5.74. The van der Waals surface area contributed by atoms with Crippen molar-refractivity contribution in [2.45, 2.75) is 50.2 Å². The third-order valence-electron chi connectivity index (χ3n) is 4.57. The van der Waals surface area contributed by atoms with Gasteiger partial charge >= 0.3 is 12.2 Å². The monoisotopic (exact) mass is 361 g/mol. The lowest BCUT2D eigenvalue weighted by molar-refractivity contribution is -0.160. The first-order valence-electron chi connectivity index (χ1n) is 8.28. The van der Waals surface area contributed by atoms with E-state index in [-0.39, 0.29) is 25.4 Å². The Morgan fingerprint density at radius 2 is 1.92 bits per heavy atom. The van der Waals surface area contributed by atoms with Crippen molar-refractivity contribution in [1.82, 2.24) is 15.1 Å². The van der Waals surface area contributed by atoms with Crippen molar-refractivity contribution < 1.29 is 27.6 Å². The van der Waals surface area contributed by atoms with E-state index in [9.17, 15) is 27.6 Å². The van der Waals surface area contributed by atoms with Crippen molar-refractivity contribution in [2.24, 2.45) is 0 Å². The number of carbonyl (C=O) groups excluding carboxylic acids is 3. The fraction of sp³-hybridized carbons (Fsp3) is 0.688. The largest absolute Gasteiger partial charge is 0.406 e. The van der Waals surface area contributed by atoms with Gasteiger partial charge in [-0.15, -0.1) is 6.58 Å². The van der Waals surface area contributed by atoms with Crippen molar-refractivity contribution in [3.05, 3.63) is 12.7 Å². The summed E-state index contributed by atoms with van der Waals surface area (Å²) in [5.74, 6) is -1.15.